The number of nitrogens with zero attached hydrogens (tertiary/aromatic N) is 3. The third-order valence-corrected chi connectivity index (χ3v) is 4.01. The van der Waals surface area contributed by atoms with Gasteiger partial charge in [0, 0.05) is 16.9 Å². The highest BCUT2D eigenvalue weighted by molar-refractivity contribution is 9.10. The van der Waals surface area contributed by atoms with Gasteiger partial charge in [-0.1, -0.05) is 6.07 Å². The Labute approximate surface area is 140 Å². The molecule has 2 amide bonds. The van der Waals surface area contributed by atoms with E-state index >= 15 is 0 Å². The summed E-state index contributed by atoms with van der Waals surface area (Å²) in [6, 6.07) is 5.14. The lowest BCUT2D eigenvalue weighted by molar-refractivity contribution is 0.262. The van der Waals surface area contributed by atoms with Gasteiger partial charge in [0.2, 0.25) is 0 Å². The second-order valence-corrected chi connectivity index (χ2v) is 5.60. The van der Waals surface area contributed by atoms with E-state index in [0.29, 0.717) is 22.8 Å². The van der Waals surface area contributed by atoms with Gasteiger partial charge >= 0.3 is 6.03 Å². The Morgan fingerprint density at radius 1 is 1.17 bits per heavy atom. The summed E-state index contributed by atoms with van der Waals surface area (Å²) >= 11 is 3.38. The fraction of sp³-hybridized carbons (Fsp3) is 0.0667. The van der Waals surface area contributed by atoms with E-state index < -0.39 is 0 Å². The van der Waals surface area contributed by atoms with E-state index in [2.05, 4.69) is 46.7 Å². The zero-order valence-corrected chi connectivity index (χ0v) is 13.8. The zero-order valence-electron chi connectivity index (χ0n) is 12.2. The van der Waals surface area contributed by atoms with Crippen molar-refractivity contribution in [3.05, 3.63) is 53.0 Å². The molecule has 7 nitrogen and oxygen atoms in total. The van der Waals surface area contributed by atoms with Crippen molar-refractivity contribution in [2.45, 2.75) is 6.92 Å². The van der Waals surface area contributed by atoms with Crippen molar-refractivity contribution in [1.82, 2.24) is 20.2 Å². The number of carbonyl (C=O) groups excluding carboxylic acids is 1. The van der Waals surface area contributed by atoms with Crippen LogP contribution in [-0.2, 0) is 0 Å². The molecule has 8 heteroatoms. The molecule has 0 saturated heterocycles. The van der Waals surface area contributed by atoms with Crippen molar-refractivity contribution < 1.29 is 4.79 Å². The van der Waals surface area contributed by atoms with Crippen LogP contribution in [0.3, 0.4) is 0 Å². The fourth-order valence-corrected chi connectivity index (χ4v) is 2.32. The number of amides is 2. The highest BCUT2D eigenvalue weighted by atomic mass is 79.9. The summed E-state index contributed by atoms with van der Waals surface area (Å²) in [4.78, 5) is 20.5. The van der Waals surface area contributed by atoms with Crippen LogP contribution in [0.5, 0.6) is 0 Å². The lowest BCUT2D eigenvalue weighted by Crippen LogP contribution is -2.20. The average Bonchev–Trinajstić information content (AvgIpc) is 3.00. The van der Waals surface area contributed by atoms with Gasteiger partial charge in [-0.15, -0.1) is 0 Å². The number of hydrogen-bond donors (Lipinski definition) is 3. The van der Waals surface area contributed by atoms with Crippen LogP contribution in [0.4, 0.5) is 16.2 Å². The maximum absolute atomic E-state index is 12.2. The Morgan fingerprint density at radius 3 is 2.78 bits per heavy atom. The zero-order chi connectivity index (χ0) is 16.2. The molecule has 0 radical (unpaired) electrons. The summed E-state index contributed by atoms with van der Waals surface area (Å²) in [7, 11) is 0. The smallest absolute Gasteiger partial charge is 0.306 e. The molecular weight excluding hydrogens is 360 g/mol. The van der Waals surface area contributed by atoms with Crippen LogP contribution in [0.25, 0.3) is 11.4 Å². The molecule has 3 aromatic rings. The molecule has 3 heterocycles. The maximum Gasteiger partial charge on any atom is 0.323 e. The number of urea groups is 1. The summed E-state index contributed by atoms with van der Waals surface area (Å²) in [5.41, 5.74) is 3.40. The van der Waals surface area contributed by atoms with Crippen molar-refractivity contribution in [2.75, 3.05) is 10.6 Å². The Balaban J connectivity index is 1.77. The minimum atomic E-state index is -0.383. The topological polar surface area (TPSA) is 95.6 Å². The SMILES string of the molecule is Cc1c(Br)cncc1NC(=O)Nc1cn[nH]c1-c1ccccn1. The highest BCUT2D eigenvalue weighted by Crippen LogP contribution is 2.24. The first-order valence-electron chi connectivity index (χ1n) is 6.78. The summed E-state index contributed by atoms with van der Waals surface area (Å²) in [5, 5.41) is 12.3. The first-order chi connectivity index (χ1) is 11.1. The van der Waals surface area contributed by atoms with Gasteiger partial charge in [0.05, 0.1) is 29.5 Å². The van der Waals surface area contributed by atoms with E-state index in [-0.39, 0.29) is 6.03 Å². The number of rotatable bonds is 3. The number of carbonyl (C=O) groups is 1. The molecule has 3 N–H and O–H groups in total. The third-order valence-electron chi connectivity index (χ3n) is 3.21. The third kappa shape index (κ3) is 3.37. The summed E-state index contributed by atoms with van der Waals surface area (Å²) in [6.07, 6.45) is 6.48. The Morgan fingerprint density at radius 2 is 2.00 bits per heavy atom. The predicted molar refractivity (Wildman–Crippen MR) is 91.1 cm³/mol. The number of aromatic nitrogens is 4. The first-order valence-corrected chi connectivity index (χ1v) is 7.57. The molecule has 3 rings (SSSR count). The molecule has 0 aliphatic heterocycles. The number of H-pyrrole nitrogens is 1. The van der Waals surface area contributed by atoms with E-state index in [0.717, 1.165) is 10.0 Å². The van der Waals surface area contributed by atoms with E-state index in [1.165, 1.54) is 6.20 Å². The molecule has 0 bridgehead atoms. The molecular formula is C15H13BrN6O. The minimum absolute atomic E-state index is 0.383. The standard InChI is InChI=1S/C15H13BrN6O/c1-9-10(16)6-17-7-12(9)20-15(23)21-13-8-19-22-14(13)11-4-2-3-5-18-11/h2-8H,1H3,(H,19,22)(H2,20,21,23). The van der Waals surface area contributed by atoms with Crippen LogP contribution < -0.4 is 10.6 Å². The van der Waals surface area contributed by atoms with Gasteiger partial charge in [0.25, 0.3) is 0 Å². The normalized spacial score (nSPS) is 10.3. The van der Waals surface area contributed by atoms with Crippen LogP contribution in [0, 0.1) is 6.92 Å². The molecule has 0 saturated carbocycles. The Hall–Kier alpha value is -2.74. The molecule has 0 aromatic carbocycles. The van der Waals surface area contributed by atoms with Gasteiger partial charge < -0.3 is 10.6 Å². The minimum Gasteiger partial charge on any atom is -0.306 e. The van der Waals surface area contributed by atoms with E-state index in [4.69, 9.17) is 0 Å². The molecule has 116 valence electrons. The number of nitrogens with one attached hydrogen (secondary N) is 3. The average molecular weight is 373 g/mol. The molecule has 0 atom stereocenters. The van der Waals surface area contributed by atoms with Crippen LogP contribution >= 0.6 is 15.9 Å². The second kappa shape index (κ2) is 6.57. The van der Waals surface area contributed by atoms with Gasteiger partial charge in [-0.05, 0) is 40.5 Å². The van der Waals surface area contributed by atoms with Gasteiger partial charge in [0.1, 0.15) is 5.69 Å². The summed E-state index contributed by atoms with van der Waals surface area (Å²) in [6.45, 7) is 1.89. The fourth-order valence-electron chi connectivity index (χ4n) is 1.99. The van der Waals surface area contributed by atoms with E-state index in [1.54, 1.807) is 18.6 Å². The van der Waals surface area contributed by atoms with Gasteiger partial charge in [-0.3, -0.25) is 15.1 Å². The second-order valence-electron chi connectivity index (χ2n) is 4.75. The summed E-state index contributed by atoms with van der Waals surface area (Å²) < 4.78 is 0.827. The molecule has 0 aliphatic carbocycles. The number of hydrogen-bond acceptors (Lipinski definition) is 4. The molecule has 23 heavy (non-hydrogen) atoms. The van der Waals surface area contributed by atoms with Crippen molar-refractivity contribution >= 4 is 33.3 Å². The summed E-state index contributed by atoms with van der Waals surface area (Å²) in [5.74, 6) is 0. The number of aromatic amines is 1. The Bertz CT molecular complexity index is 833. The van der Waals surface area contributed by atoms with Crippen LogP contribution in [0.15, 0.2) is 47.5 Å². The van der Waals surface area contributed by atoms with Gasteiger partial charge in [0.15, 0.2) is 0 Å². The highest BCUT2D eigenvalue weighted by Gasteiger charge is 2.13. The van der Waals surface area contributed by atoms with Crippen LogP contribution in [0.1, 0.15) is 5.56 Å². The van der Waals surface area contributed by atoms with Gasteiger partial charge in [-0.2, -0.15) is 5.10 Å². The number of anilines is 2. The lowest BCUT2D eigenvalue weighted by atomic mass is 10.2. The van der Waals surface area contributed by atoms with Crippen LogP contribution in [0.2, 0.25) is 0 Å². The van der Waals surface area contributed by atoms with Gasteiger partial charge in [-0.25, -0.2) is 4.79 Å². The number of halogens is 1. The van der Waals surface area contributed by atoms with Crippen molar-refractivity contribution in [3.8, 4) is 11.4 Å². The molecule has 3 aromatic heterocycles. The number of pyridine rings is 2. The molecule has 0 aliphatic rings. The molecule has 0 spiro atoms. The van der Waals surface area contributed by atoms with Crippen molar-refractivity contribution in [1.29, 1.82) is 0 Å². The molecule has 0 unspecified atom stereocenters. The molecule has 0 fully saturated rings. The largest absolute Gasteiger partial charge is 0.323 e. The quantitative estimate of drug-likeness (QED) is 0.654. The van der Waals surface area contributed by atoms with Crippen molar-refractivity contribution in [3.63, 3.8) is 0 Å². The van der Waals surface area contributed by atoms with E-state index in [9.17, 15) is 4.79 Å². The van der Waals surface area contributed by atoms with Crippen molar-refractivity contribution in [2.24, 2.45) is 0 Å². The maximum atomic E-state index is 12.2. The Kier molecular flexibility index (Phi) is 4.33. The van der Waals surface area contributed by atoms with E-state index in [1.807, 2.05) is 25.1 Å². The van der Waals surface area contributed by atoms with Crippen LogP contribution in [-0.4, -0.2) is 26.2 Å². The lowest BCUT2D eigenvalue weighted by Gasteiger charge is -2.10. The first kappa shape index (κ1) is 15.2. The predicted octanol–water partition coefficient (Wildman–Crippen LogP) is 3.58. The monoisotopic (exact) mass is 372 g/mol.